The van der Waals surface area contributed by atoms with Crippen molar-refractivity contribution in [2.45, 2.75) is 13.3 Å². The zero-order valence-electron chi connectivity index (χ0n) is 10.5. The van der Waals surface area contributed by atoms with Gasteiger partial charge in [0.05, 0.1) is 12.3 Å². The standard InChI is InChI=1S/C15H18N2O/c1-15(9-7-12(11-18)8-10-15)14(17-16)13-5-3-2-4-6-13/h2-9,18H,10-11,16H2,1H3/b17-14+. The maximum atomic E-state index is 9.10. The Labute approximate surface area is 107 Å². The van der Waals surface area contributed by atoms with Crippen molar-refractivity contribution in [3.8, 4) is 0 Å². The second-order valence-electron chi connectivity index (χ2n) is 4.74. The summed E-state index contributed by atoms with van der Waals surface area (Å²) in [5, 5.41) is 13.1. The minimum absolute atomic E-state index is 0.0764. The van der Waals surface area contributed by atoms with Crippen LogP contribution in [0.4, 0.5) is 0 Å². The molecular formula is C15H18N2O. The Hall–Kier alpha value is -1.87. The number of rotatable bonds is 3. The summed E-state index contributed by atoms with van der Waals surface area (Å²) in [6.07, 6.45) is 6.84. The Morgan fingerprint density at radius 1 is 1.39 bits per heavy atom. The molecule has 94 valence electrons. The van der Waals surface area contributed by atoms with Crippen LogP contribution in [0.15, 0.2) is 59.2 Å². The molecule has 0 aromatic heterocycles. The van der Waals surface area contributed by atoms with E-state index in [4.69, 9.17) is 10.9 Å². The first-order valence-electron chi connectivity index (χ1n) is 6.02. The predicted molar refractivity (Wildman–Crippen MR) is 74.2 cm³/mol. The van der Waals surface area contributed by atoms with Crippen molar-refractivity contribution in [1.82, 2.24) is 0 Å². The fraction of sp³-hybridized carbons (Fsp3) is 0.267. The molecular weight excluding hydrogens is 224 g/mol. The monoisotopic (exact) mass is 242 g/mol. The molecule has 18 heavy (non-hydrogen) atoms. The summed E-state index contributed by atoms with van der Waals surface area (Å²) in [5.41, 5.74) is 2.63. The van der Waals surface area contributed by atoms with Crippen molar-refractivity contribution in [2.24, 2.45) is 16.4 Å². The second-order valence-corrected chi connectivity index (χ2v) is 4.74. The topological polar surface area (TPSA) is 58.6 Å². The third-order valence-electron chi connectivity index (χ3n) is 3.35. The van der Waals surface area contributed by atoms with Crippen molar-refractivity contribution in [3.05, 3.63) is 59.7 Å². The Balaban J connectivity index is 2.31. The summed E-state index contributed by atoms with van der Waals surface area (Å²) in [6.45, 7) is 2.18. The Kier molecular flexibility index (Phi) is 3.63. The first-order chi connectivity index (χ1) is 8.69. The van der Waals surface area contributed by atoms with Crippen molar-refractivity contribution in [2.75, 3.05) is 6.61 Å². The van der Waals surface area contributed by atoms with Crippen LogP contribution < -0.4 is 5.84 Å². The lowest BCUT2D eigenvalue weighted by atomic mass is 9.75. The molecule has 1 aromatic rings. The van der Waals surface area contributed by atoms with Crippen LogP contribution in [-0.4, -0.2) is 17.4 Å². The average Bonchev–Trinajstić information content (AvgIpc) is 2.41. The van der Waals surface area contributed by atoms with Gasteiger partial charge in [0.1, 0.15) is 0 Å². The van der Waals surface area contributed by atoms with Crippen molar-refractivity contribution >= 4 is 5.71 Å². The highest BCUT2D eigenvalue weighted by molar-refractivity contribution is 6.05. The number of aliphatic hydroxyl groups is 1. The molecule has 0 amide bonds. The van der Waals surface area contributed by atoms with E-state index >= 15 is 0 Å². The number of hydrogen-bond donors (Lipinski definition) is 2. The molecule has 3 N–H and O–H groups in total. The van der Waals surface area contributed by atoms with Gasteiger partial charge in [-0.15, -0.1) is 0 Å². The lowest BCUT2D eigenvalue weighted by Gasteiger charge is -2.29. The van der Waals surface area contributed by atoms with Gasteiger partial charge in [0.15, 0.2) is 0 Å². The average molecular weight is 242 g/mol. The fourth-order valence-electron chi connectivity index (χ4n) is 2.21. The van der Waals surface area contributed by atoms with E-state index in [-0.39, 0.29) is 12.0 Å². The van der Waals surface area contributed by atoms with Crippen molar-refractivity contribution in [1.29, 1.82) is 0 Å². The van der Waals surface area contributed by atoms with Gasteiger partial charge in [0.2, 0.25) is 0 Å². The molecule has 0 radical (unpaired) electrons. The minimum Gasteiger partial charge on any atom is -0.392 e. The number of aliphatic hydroxyl groups excluding tert-OH is 1. The Morgan fingerprint density at radius 3 is 2.61 bits per heavy atom. The van der Waals surface area contributed by atoms with Crippen LogP contribution in [0.25, 0.3) is 0 Å². The number of nitrogens with two attached hydrogens (primary N) is 1. The highest BCUT2D eigenvalue weighted by atomic mass is 16.3. The summed E-state index contributed by atoms with van der Waals surface area (Å²) in [5.74, 6) is 5.57. The van der Waals surface area contributed by atoms with E-state index in [0.29, 0.717) is 0 Å². The fourth-order valence-corrected chi connectivity index (χ4v) is 2.21. The van der Waals surface area contributed by atoms with E-state index in [2.05, 4.69) is 18.1 Å². The van der Waals surface area contributed by atoms with Gasteiger partial charge < -0.3 is 10.9 Å². The summed E-state index contributed by atoms with van der Waals surface area (Å²) >= 11 is 0. The Bertz CT molecular complexity index is 502. The van der Waals surface area contributed by atoms with Crippen LogP contribution in [-0.2, 0) is 0 Å². The summed E-state index contributed by atoms with van der Waals surface area (Å²) < 4.78 is 0. The molecule has 0 aliphatic heterocycles. The molecule has 0 spiro atoms. The van der Waals surface area contributed by atoms with E-state index in [1.54, 1.807) is 0 Å². The summed E-state index contributed by atoms with van der Waals surface area (Å²) in [4.78, 5) is 0. The van der Waals surface area contributed by atoms with Crippen LogP contribution >= 0.6 is 0 Å². The molecule has 3 nitrogen and oxygen atoms in total. The minimum atomic E-state index is -0.214. The predicted octanol–water partition coefficient (Wildman–Crippen LogP) is 2.23. The maximum absolute atomic E-state index is 9.10. The molecule has 3 heteroatoms. The highest BCUT2D eigenvalue weighted by Gasteiger charge is 2.29. The maximum Gasteiger partial charge on any atom is 0.0772 e. The van der Waals surface area contributed by atoms with Crippen LogP contribution in [0, 0.1) is 5.41 Å². The third-order valence-corrected chi connectivity index (χ3v) is 3.35. The van der Waals surface area contributed by atoms with Gasteiger partial charge in [-0.05, 0) is 17.6 Å². The van der Waals surface area contributed by atoms with Crippen LogP contribution in [0.2, 0.25) is 0 Å². The first kappa shape index (κ1) is 12.6. The zero-order valence-corrected chi connectivity index (χ0v) is 10.5. The molecule has 0 saturated heterocycles. The SMILES string of the molecule is CC1(/C(=N/N)c2ccccc2)C=CC(CO)=CC1. The van der Waals surface area contributed by atoms with Crippen molar-refractivity contribution in [3.63, 3.8) is 0 Å². The van der Waals surface area contributed by atoms with Crippen LogP contribution in [0.1, 0.15) is 18.9 Å². The number of allylic oxidation sites excluding steroid dienone is 2. The van der Waals surface area contributed by atoms with E-state index < -0.39 is 0 Å². The molecule has 0 saturated carbocycles. The van der Waals surface area contributed by atoms with Gasteiger partial charge in [0.25, 0.3) is 0 Å². The lowest BCUT2D eigenvalue weighted by Crippen LogP contribution is -2.29. The van der Waals surface area contributed by atoms with E-state index in [1.807, 2.05) is 42.5 Å². The number of nitrogens with zero attached hydrogens (tertiary/aromatic N) is 1. The van der Waals surface area contributed by atoms with E-state index in [9.17, 15) is 0 Å². The normalized spacial score (nSPS) is 23.9. The molecule has 0 bridgehead atoms. The van der Waals surface area contributed by atoms with Crippen molar-refractivity contribution < 1.29 is 5.11 Å². The largest absolute Gasteiger partial charge is 0.392 e. The van der Waals surface area contributed by atoms with Gasteiger partial charge in [-0.25, -0.2) is 0 Å². The number of hydrazone groups is 1. The highest BCUT2D eigenvalue weighted by Crippen LogP contribution is 2.33. The number of hydrogen-bond acceptors (Lipinski definition) is 3. The summed E-state index contributed by atoms with van der Waals surface area (Å²) in [6, 6.07) is 9.95. The lowest BCUT2D eigenvalue weighted by molar-refractivity contribution is 0.333. The molecule has 0 heterocycles. The van der Waals surface area contributed by atoms with Gasteiger partial charge in [-0.3, -0.25) is 0 Å². The quantitative estimate of drug-likeness (QED) is 0.485. The molecule has 2 rings (SSSR count). The van der Waals surface area contributed by atoms with Crippen LogP contribution in [0.5, 0.6) is 0 Å². The van der Waals surface area contributed by atoms with Gasteiger partial charge in [0, 0.05) is 5.41 Å². The molecule has 1 unspecified atom stereocenters. The van der Waals surface area contributed by atoms with Crippen LogP contribution in [0.3, 0.4) is 0 Å². The Morgan fingerprint density at radius 2 is 2.11 bits per heavy atom. The van der Waals surface area contributed by atoms with Gasteiger partial charge in [-0.1, -0.05) is 55.5 Å². The molecule has 1 aliphatic carbocycles. The van der Waals surface area contributed by atoms with E-state index in [1.165, 1.54) is 0 Å². The second kappa shape index (κ2) is 5.19. The van der Waals surface area contributed by atoms with E-state index in [0.717, 1.165) is 23.3 Å². The molecule has 1 aliphatic rings. The molecule has 0 fully saturated rings. The zero-order chi connectivity index (χ0) is 13.0. The smallest absolute Gasteiger partial charge is 0.0772 e. The van der Waals surface area contributed by atoms with Gasteiger partial charge >= 0.3 is 0 Å². The molecule has 1 aromatic carbocycles. The van der Waals surface area contributed by atoms with Gasteiger partial charge in [-0.2, -0.15) is 5.10 Å². The number of benzene rings is 1. The first-order valence-corrected chi connectivity index (χ1v) is 6.02. The summed E-state index contributed by atoms with van der Waals surface area (Å²) in [7, 11) is 0. The third kappa shape index (κ3) is 2.36. The molecule has 1 atom stereocenters.